The lowest BCUT2D eigenvalue weighted by atomic mass is 9.95. The number of rotatable bonds is 7. The first kappa shape index (κ1) is 26.9. The molecule has 0 bridgehead atoms. The van der Waals surface area contributed by atoms with Gasteiger partial charge in [-0.05, 0) is 67.8 Å². The van der Waals surface area contributed by atoms with Crippen LogP contribution in [0.4, 0.5) is 5.69 Å². The van der Waals surface area contributed by atoms with E-state index in [4.69, 9.17) is 21.1 Å². The predicted molar refractivity (Wildman–Crippen MR) is 143 cm³/mol. The number of pyridine rings is 1. The summed E-state index contributed by atoms with van der Waals surface area (Å²) in [5, 5.41) is 11.7. The third-order valence-electron chi connectivity index (χ3n) is 6.02. The molecule has 1 aromatic heterocycles. The molecule has 1 aliphatic heterocycles. The first-order valence-corrected chi connectivity index (χ1v) is 12.3. The Morgan fingerprint density at radius 2 is 1.87 bits per heavy atom. The van der Waals surface area contributed by atoms with Crippen molar-refractivity contribution >= 4 is 40.7 Å². The van der Waals surface area contributed by atoms with E-state index >= 15 is 0 Å². The molecule has 0 spiro atoms. The summed E-state index contributed by atoms with van der Waals surface area (Å²) in [5.41, 5.74) is 2.44. The number of nitrogens with zero attached hydrogens (tertiary/aromatic N) is 2. The van der Waals surface area contributed by atoms with Crippen LogP contribution in [-0.2, 0) is 25.5 Å². The highest BCUT2D eigenvalue weighted by molar-refractivity contribution is 6.51. The van der Waals surface area contributed by atoms with Gasteiger partial charge in [-0.1, -0.05) is 29.8 Å². The summed E-state index contributed by atoms with van der Waals surface area (Å²) in [4.78, 5) is 44.3. The van der Waals surface area contributed by atoms with E-state index in [1.165, 1.54) is 18.2 Å². The second-order valence-corrected chi connectivity index (χ2v) is 9.57. The molecule has 3 aromatic rings. The minimum atomic E-state index is -0.968. The van der Waals surface area contributed by atoms with Gasteiger partial charge in [-0.15, -0.1) is 0 Å². The minimum absolute atomic E-state index is 0.0667. The van der Waals surface area contributed by atoms with E-state index < -0.39 is 23.5 Å². The summed E-state index contributed by atoms with van der Waals surface area (Å²) in [5.74, 6) is -2.27. The number of carbonyl (C=O) groups is 3. The highest BCUT2D eigenvalue weighted by atomic mass is 35.5. The molecule has 2 heterocycles. The zero-order valence-electron chi connectivity index (χ0n) is 21.4. The fourth-order valence-electron chi connectivity index (χ4n) is 4.45. The maximum absolute atomic E-state index is 13.4. The Hall–Kier alpha value is -4.17. The molecule has 1 fully saturated rings. The fraction of sp³-hybridized carbons (Fsp3) is 0.241. The lowest BCUT2D eigenvalue weighted by Crippen LogP contribution is -2.29. The molecule has 9 heteroatoms. The maximum Gasteiger partial charge on any atom is 0.310 e. The van der Waals surface area contributed by atoms with Crippen molar-refractivity contribution < 1.29 is 29.0 Å². The number of aromatic nitrogens is 1. The molecule has 4 rings (SSSR count). The van der Waals surface area contributed by atoms with Gasteiger partial charge in [0.2, 0.25) is 0 Å². The number of methoxy groups -OCH3 is 1. The van der Waals surface area contributed by atoms with Crippen LogP contribution in [0.3, 0.4) is 0 Å². The van der Waals surface area contributed by atoms with E-state index in [0.29, 0.717) is 16.8 Å². The average Bonchev–Trinajstić information content (AvgIpc) is 3.14. The molecule has 1 aliphatic rings. The van der Waals surface area contributed by atoms with Gasteiger partial charge in [0.05, 0.1) is 41.8 Å². The minimum Gasteiger partial charge on any atom is -0.507 e. The Morgan fingerprint density at radius 3 is 2.47 bits per heavy atom. The Labute approximate surface area is 225 Å². The van der Waals surface area contributed by atoms with Gasteiger partial charge in [0.1, 0.15) is 11.5 Å². The van der Waals surface area contributed by atoms with Crippen molar-refractivity contribution in [3.63, 3.8) is 0 Å². The number of Topliss-reactive ketones (excluding diaryl/α,β-unsaturated/α-hetero) is 1. The summed E-state index contributed by atoms with van der Waals surface area (Å²) in [6.45, 7) is 5.34. The molecule has 38 heavy (non-hydrogen) atoms. The van der Waals surface area contributed by atoms with Crippen molar-refractivity contribution in [2.24, 2.45) is 0 Å². The van der Waals surface area contributed by atoms with Gasteiger partial charge in [-0.25, -0.2) is 0 Å². The lowest BCUT2D eigenvalue weighted by molar-refractivity contribution is -0.146. The number of amides is 1. The van der Waals surface area contributed by atoms with Crippen molar-refractivity contribution in [3.8, 4) is 5.75 Å². The molecular weight excluding hydrogens is 508 g/mol. The summed E-state index contributed by atoms with van der Waals surface area (Å²) < 4.78 is 10.6. The maximum atomic E-state index is 13.4. The summed E-state index contributed by atoms with van der Waals surface area (Å²) in [6, 6.07) is 12.4. The number of halogens is 1. The molecule has 1 atom stereocenters. The van der Waals surface area contributed by atoms with Crippen molar-refractivity contribution in [1.29, 1.82) is 0 Å². The summed E-state index contributed by atoms with van der Waals surface area (Å²) >= 11 is 6.34. The molecule has 2 aromatic carbocycles. The molecule has 8 nitrogen and oxygen atoms in total. The normalized spacial score (nSPS) is 16.7. The van der Waals surface area contributed by atoms with Crippen LogP contribution in [0.2, 0.25) is 5.02 Å². The molecule has 1 N–H and O–H groups in total. The Morgan fingerprint density at radius 1 is 1.16 bits per heavy atom. The zero-order valence-corrected chi connectivity index (χ0v) is 22.2. The van der Waals surface area contributed by atoms with Crippen LogP contribution < -0.4 is 9.64 Å². The summed E-state index contributed by atoms with van der Waals surface area (Å²) in [7, 11) is 1.41. The van der Waals surface area contributed by atoms with E-state index in [2.05, 4.69) is 4.98 Å². The topological polar surface area (TPSA) is 106 Å². The van der Waals surface area contributed by atoms with Crippen molar-refractivity contribution in [3.05, 3.63) is 93.8 Å². The number of esters is 1. The lowest BCUT2D eigenvalue weighted by Gasteiger charge is -2.25. The molecule has 196 valence electrons. The van der Waals surface area contributed by atoms with Gasteiger partial charge in [-0.2, -0.15) is 0 Å². The highest BCUT2D eigenvalue weighted by Gasteiger charge is 2.47. The SMILES string of the molecule is COc1c(Cl)cc(C)cc1/C(O)=C1\C(=O)C(=O)N(c2ccc(CC(=O)OC(C)C)cc2)C1c1cccnc1. The number of ketones is 1. The highest BCUT2D eigenvalue weighted by Crippen LogP contribution is 2.44. The van der Waals surface area contributed by atoms with Crippen LogP contribution in [0.25, 0.3) is 5.76 Å². The first-order valence-electron chi connectivity index (χ1n) is 12.0. The quantitative estimate of drug-likeness (QED) is 0.193. The van der Waals surface area contributed by atoms with E-state index in [1.54, 1.807) is 75.5 Å². The largest absolute Gasteiger partial charge is 0.507 e. The van der Waals surface area contributed by atoms with Gasteiger partial charge in [0, 0.05) is 18.1 Å². The van der Waals surface area contributed by atoms with Crippen LogP contribution in [0.1, 0.15) is 42.1 Å². The van der Waals surface area contributed by atoms with E-state index in [1.807, 2.05) is 0 Å². The average molecular weight is 535 g/mol. The number of aliphatic hydroxyl groups excluding tert-OH is 1. The van der Waals surface area contributed by atoms with Gasteiger partial charge in [-0.3, -0.25) is 24.3 Å². The van der Waals surface area contributed by atoms with Gasteiger partial charge < -0.3 is 14.6 Å². The molecule has 0 radical (unpaired) electrons. The van der Waals surface area contributed by atoms with Crippen LogP contribution in [0.5, 0.6) is 5.75 Å². The third kappa shape index (κ3) is 5.26. The standard InChI is InChI=1S/C29H27ClN2O6/c1-16(2)38-23(33)14-18-7-9-20(10-8-18)32-25(19-6-5-11-31-15-19)24(27(35)29(32)36)26(34)21-12-17(3)13-22(30)28(21)37-4/h5-13,15-16,25,34H,14H2,1-4H3/b26-24+. The third-order valence-corrected chi connectivity index (χ3v) is 6.30. The smallest absolute Gasteiger partial charge is 0.310 e. The number of hydrogen-bond acceptors (Lipinski definition) is 7. The molecule has 1 unspecified atom stereocenters. The number of ether oxygens (including phenoxy) is 2. The van der Waals surface area contributed by atoms with E-state index in [9.17, 15) is 19.5 Å². The van der Waals surface area contributed by atoms with Crippen LogP contribution in [-0.4, -0.2) is 41.0 Å². The fourth-order valence-corrected chi connectivity index (χ4v) is 4.81. The van der Waals surface area contributed by atoms with Crippen molar-refractivity contribution in [1.82, 2.24) is 4.98 Å². The second-order valence-electron chi connectivity index (χ2n) is 9.16. The van der Waals surface area contributed by atoms with Crippen LogP contribution in [0.15, 0.2) is 66.5 Å². The number of aliphatic hydroxyl groups is 1. The molecule has 0 aliphatic carbocycles. The monoisotopic (exact) mass is 534 g/mol. The predicted octanol–water partition coefficient (Wildman–Crippen LogP) is 5.17. The molecule has 1 amide bonds. The zero-order chi connectivity index (χ0) is 27.6. The number of anilines is 1. The second kappa shape index (κ2) is 11.1. The number of benzene rings is 2. The molecular formula is C29H27ClN2O6. The molecule has 1 saturated heterocycles. The Balaban J connectivity index is 1.83. The number of carbonyl (C=O) groups excluding carboxylic acids is 3. The van der Waals surface area contributed by atoms with Gasteiger partial charge in [0.15, 0.2) is 0 Å². The number of aryl methyl sites for hydroxylation is 1. The van der Waals surface area contributed by atoms with Crippen molar-refractivity contribution in [2.75, 3.05) is 12.0 Å². The van der Waals surface area contributed by atoms with Crippen LogP contribution >= 0.6 is 11.6 Å². The first-order chi connectivity index (χ1) is 18.1. The van der Waals surface area contributed by atoms with E-state index in [-0.39, 0.29) is 40.4 Å². The molecule has 0 saturated carbocycles. The van der Waals surface area contributed by atoms with Gasteiger partial charge >= 0.3 is 5.97 Å². The van der Waals surface area contributed by atoms with Crippen molar-refractivity contribution in [2.45, 2.75) is 39.3 Å². The summed E-state index contributed by atoms with van der Waals surface area (Å²) in [6.07, 6.45) is 2.95. The Bertz CT molecular complexity index is 1420. The number of hydrogen-bond donors (Lipinski definition) is 1. The Kier molecular flexibility index (Phi) is 7.83. The van der Waals surface area contributed by atoms with E-state index in [0.717, 1.165) is 5.56 Å². The van der Waals surface area contributed by atoms with Gasteiger partial charge in [0.25, 0.3) is 11.7 Å². The van der Waals surface area contributed by atoms with Crippen LogP contribution in [0, 0.1) is 6.92 Å².